The molecule has 1 aromatic carbocycles. The van der Waals surface area contributed by atoms with Crippen molar-refractivity contribution in [2.75, 3.05) is 59.0 Å². The van der Waals surface area contributed by atoms with Gasteiger partial charge < -0.3 is 0 Å². The van der Waals surface area contributed by atoms with Crippen molar-refractivity contribution in [3.05, 3.63) is 30.3 Å². The Bertz CT molecular complexity index is 773. The Balaban J connectivity index is 1.56. The van der Waals surface area contributed by atoms with E-state index in [2.05, 4.69) is 58.6 Å². The fraction of sp³-hybridized carbons (Fsp3) is 0.619. The number of rotatable bonds is 1. The second-order valence-electron chi connectivity index (χ2n) is 8.53. The van der Waals surface area contributed by atoms with Crippen LogP contribution in [0.3, 0.4) is 0 Å². The molecule has 0 spiro atoms. The summed E-state index contributed by atoms with van der Waals surface area (Å²) in [6.07, 6.45) is 5.13. The molecule has 0 aliphatic carbocycles. The fourth-order valence-electron chi connectivity index (χ4n) is 5.61. The minimum Gasteiger partial charge on any atom is -0.264 e. The number of hydrogen-bond donors (Lipinski definition) is 0. The van der Waals surface area contributed by atoms with Crippen molar-refractivity contribution in [1.29, 1.82) is 0 Å². The molecule has 0 radical (unpaired) electrons. The van der Waals surface area contributed by atoms with Gasteiger partial charge in [0.1, 0.15) is 0 Å². The van der Waals surface area contributed by atoms with E-state index in [1.54, 1.807) is 0 Å². The average Bonchev–Trinajstić information content (AvgIpc) is 2.74. The van der Waals surface area contributed by atoms with Gasteiger partial charge in [-0.05, 0) is 12.1 Å². The molecule has 2 fully saturated rings. The number of nitrogens with zero attached hydrogens (tertiary/aromatic N) is 6. The first-order chi connectivity index (χ1) is 13.9. The molecule has 0 N–H and O–H groups in total. The van der Waals surface area contributed by atoms with E-state index in [0.717, 1.165) is 6.67 Å². The normalized spacial score (nSPS) is 25.4. The summed E-state index contributed by atoms with van der Waals surface area (Å²) in [5.41, 5.74) is 0. The maximum atomic E-state index is 2.80. The van der Waals surface area contributed by atoms with Crippen molar-refractivity contribution in [2.24, 2.45) is 0 Å². The monoisotopic (exact) mass is 398 g/mol. The molecular weight excluding hydrogens is 367 g/mol. The van der Waals surface area contributed by atoms with Crippen molar-refractivity contribution in [2.45, 2.75) is 25.7 Å². The van der Waals surface area contributed by atoms with Gasteiger partial charge >= 0.3 is 11.9 Å². The number of benzene rings is 1. The molecule has 5 aliphatic heterocycles. The second kappa shape index (κ2) is 6.91. The maximum Gasteiger partial charge on any atom is 0.358 e. The van der Waals surface area contributed by atoms with Crippen LogP contribution in [0.2, 0.25) is 0 Å². The molecule has 6 nitrogen and oxygen atoms in total. The van der Waals surface area contributed by atoms with E-state index in [0.29, 0.717) is 0 Å². The van der Waals surface area contributed by atoms with E-state index in [9.17, 15) is 0 Å². The summed E-state index contributed by atoms with van der Waals surface area (Å²) in [5, 5.41) is 1.50. The fourth-order valence-corrected chi connectivity index (χ4v) is 8.37. The molecule has 1 aromatic rings. The van der Waals surface area contributed by atoms with E-state index in [1.165, 1.54) is 95.3 Å². The Kier molecular flexibility index (Phi) is 4.22. The molecule has 0 unspecified atom stereocenters. The lowest BCUT2D eigenvalue weighted by Gasteiger charge is -2.46. The topological polar surface area (TPSA) is 19.0 Å². The molecule has 0 bridgehead atoms. The molecule has 0 atom stereocenters. The van der Waals surface area contributed by atoms with E-state index in [-0.39, 0.29) is 0 Å². The van der Waals surface area contributed by atoms with Crippen LogP contribution in [-0.2, 0) is 0 Å². The van der Waals surface area contributed by atoms with Crippen LogP contribution in [-0.4, -0.2) is 99.2 Å². The molecule has 6 rings (SSSR count). The summed E-state index contributed by atoms with van der Waals surface area (Å²) in [6, 6.07) is 11.4. The number of guanidine groups is 2. The van der Waals surface area contributed by atoms with Crippen LogP contribution in [0, 0.1) is 0 Å². The van der Waals surface area contributed by atoms with Gasteiger partial charge in [-0.2, -0.15) is 0 Å². The third-order valence-corrected chi connectivity index (χ3v) is 9.12. The molecule has 7 heteroatoms. The third kappa shape index (κ3) is 2.64. The van der Waals surface area contributed by atoms with E-state index >= 15 is 0 Å². The zero-order chi connectivity index (χ0) is 18.5. The lowest BCUT2D eigenvalue weighted by molar-refractivity contribution is -0.739. The lowest BCUT2D eigenvalue weighted by atomic mass is 10.2. The second-order valence-corrected chi connectivity index (χ2v) is 10.6. The van der Waals surface area contributed by atoms with Crippen LogP contribution >= 0.6 is 8.22 Å². The smallest absolute Gasteiger partial charge is 0.264 e. The summed E-state index contributed by atoms with van der Waals surface area (Å²) >= 11 is 0. The van der Waals surface area contributed by atoms with Crippen molar-refractivity contribution in [3.63, 3.8) is 0 Å². The van der Waals surface area contributed by atoms with Gasteiger partial charge in [0.05, 0.1) is 52.4 Å². The molecular formula is C21H31N6P+2. The molecule has 2 saturated heterocycles. The molecule has 0 saturated carbocycles. The Labute approximate surface area is 169 Å². The standard InChI is InChI=1S/C21H31N6P/c1-2-8-19(9-3-1)28-26-16-6-12-22-10-4-14-24(20(22)26)18-25-15-5-11-23-13-7-17-27(28)21(23)25/h1-3,8-9H,4-7,10-18H2/q+2. The predicted octanol–water partition coefficient (Wildman–Crippen LogP) is 1.15. The van der Waals surface area contributed by atoms with Gasteiger partial charge in [0, 0.05) is 31.0 Å². The predicted molar refractivity (Wildman–Crippen MR) is 113 cm³/mol. The Hall–Kier alpha value is -1.81. The van der Waals surface area contributed by atoms with Gasteiger partial charge in [-0.3, -0.25) is 9.80 Å². The van der Waals surface area contributed by atoms with E-state index in [4.69, 9.17) is 0 Å². The van der Waals surface area contributed by atoms with Crippen LogP contribution in [0.5, 0.6) is 0 Å². The van der Waals surface area contributed by atoms with Gasteiger partial charge in [-0.15, -0.1) is 0 Å². The largest absolute Gasteiger partial charge is 0.358 e. The highest BCUT2D eigenvalue weighted by Crippen LogP contribution is 2.48. The first kappa shape index (κ1) is 17.1. The lowest BCUT2D eigenvalue weighted by Crippen LogP contribution is -2.64. The molecule has 0 aromatic heterocycles. The zero-order valence-corrected chi connectivity index (χ0v) is 17.6. The van der Waals surface area contributed by atoms with Crippen LogP contribution in [0.25, 0.3) is 0 Å². The SMILES string of the molecule is c1ccc(P2N3CCCN4CCC[N+](=C43)C[N+]3=C4N(CCCN42)CCC3)cc1. The first-order valence-corrected chi connectivity index (χ1v) is 12.3. The number of hydrogen-bond acceptors (Lipinski definition) is 4. The van der Waals surface area contributed by atoms with Crippen LogP contribution in [0.4, 0.5) is 0 Å². The first-order valence-electron chi connectivity index (χ1n) is 11.0. The van der Waals surface area contributed by atoms with Gasteiger partial charge in [0.15, 0.2) is 6.67 Å². The summed E-state index contributed by atoms with van der Waals surface area (Å²) in [4.78, 5) is 5.36. The highest BCUT2D eigenvalue weighted by Gasteiger charge is 2.52. The highest BCUT2D eigenvalue weighted by molar-refractivity contribution is 7.62. The Morgan fingerprint density at radius 1 is 0.643 bits per heavy atom. The van der Waals surface area contributed by atoms with E-state index < -0.39 is 8.22 Å². The van der Waals surface area contributed by atoms with Crippen molar-refractivity contribution >= 4 is 25.4 Å². The van der Waals surface area contributed by atoms with Gasteiger partial charge in [0.2, 0.25) is 0 Å². The molecule has 5 aliphatic rings. The molecule has 5 heterocycles. The quantitative estimate of drug-likeness (QED) is 0.522. The minimum atomic E-state index is -0.550. The summed E-state index contributed by atoms with van der Waals surface area (Å²) in [6.45, 7) is 10.7. The zero-order valence-electron chi connectivity index (χ0n) is 16.7. The van der Waals surface area contributed by atoms with Crippen LogP contribution < -0.4 is 5.30 Å². The van der Waals surface area contributed by atoms with Crippen LogP contribution in [0.15, 0.2) is 30.3 Å². The average molecular weight is 398 g/mol. The third-order valence-electron chi connectivity index (χ3n) is 6.69. The van der Waals surface area contributed by atoms with Gasteiger partial charge in [-0.1, -0.05) is 18.2 Å². The Morgan fingerprint density at radius 2 is 1.18 bits per heavy atom. The van der Waals surface area contributed by atoms with Crippen molar-refractivity contribution in [3.8, 4) is 0 Å². The van der Waals surface area contributed by atoms with Crippen molar-refractivity contribution < 1.29 is 9.15 Å². The maximum absolute atomic E-state index is 2.80. The summed E-state index contributed by atoms with van der Waals surface area (Å²) < 4.78 is 11.0. The summed E-state index contributed by atoms with van der Waals surface area (Å²) in [5.74, 6) is 3.04. The minimum absolute atomic E-state index is 0.550. The van der Waals surface area contributed by atoms with Crippen molar-refractivity contribution in [1.82, 2.24) is 19.1 Å². The summed E-state index contributed by atoms with van der Waals surface area (Å²) in [7, 11) is -0.550. The molecule has 148 valence electrons. The molecule has 0 amide bonds. The van der Waals surface area contributed by atoms with E-state index in [1.807, 2.05) is 0 Å². The van der Waals surface area contributed by atoms with Gasteiger partial charge in [-0.25, -0.2) is 18.5 Å². The van der Waals surface area contributed by atoms with Crippen LogP contribution in [0.1, 0.15) is 25.7 Å². The highest BCUT2D eigenvalue weighted by atomic mass is 31.1. The Morgan fingerprint density at radius 3 is 1.75 bits per heavy atom. The van der Waals surface area contributed by atoms with Gasteiger partial charge in [0.25, 0.3) is 8.22 Å². The molecule has 28 heavy (non-hydrogen) atoms.